The molecule has 4 nitrogen and oxygen atoms in total. The Labute approximate surface area is 104 Å². The number of carboxylic acids is 1. The van der Waals surface area contributed by atoms with Gasteiger partial charge in [0.15, 0.2) is 0 Å². The van der Waals surface area contributed by atoms with Crippen LogP contribution >= 0.6 is 0 Å². The van der Waals surface area contributed by atoms with E-state index in [1.165, 1.54) is 6.42 Å². The lowest BCUT2D eigenvalue weighted by Crippen LogP contribution is -2.50. The number of carboxylic acid groups (broad SMARTS) is 1. The fourth-order valence-corrected chi connectivity index (χ4v) is 2.35. The van der Waals surface area contributed by atoms with Gasteiger partial charge in [-0.25, -0.2) is 0 Å². The predicted octanol–water partition coefficient (Wildman–Crippen LogP) is 2.13. The lowest BCUT2D eigenvalue weighted by molar-refractivity contribution is -0.149. The Morgan fingerprint density at radius 2 is 2.24 bits per heavy atom. The molecule has 1 heterocycles. The van der Waals surface area contributed by atoms with E-state index in [0.29, 0.717) is 6.10 Å². The third-order valence-corrected chi connectivity index (χ3v) is 3.67. The Hall–Kier alpha value is -0.610. The van der Waals surface area contributed by atoms with Gasteiger partial charge >= 0.3 is 5.97 Å². The van der Waals surface area contributed by atoms with Gasteiger partial charge in [0, 0.05) is 6.61 Å². The van der Waals surface area contributed by atoms with Crippen LogP contribution in [0.4, 0.5) is 0 Å². The van der Waals surface area contributed by atoms with E-state index < -0.39 is 11.5 Å². The Morgan fingerprint density at radius 3 is 2.71 bits per heavy atom. The first-order chi connectivity index (χ1) is 7.98. The van der Waals surface area contributed by atoms with Crippen molar-refractivity contribution in [2.45, 2.75) is 58.1 Å². The molecule has 1 N–H and O–H groups in total. The minimum Gasteiger partial charge on any atom is -0.480 e. The van der Waals surface area contributed by atoms with Crippen molar-refractivity contribution in [1.29, 1.82) is 0 Å². The molecule has 1 fully saturated rings. The van der Waals surface area contributed by atoms with E-state index in [1.807, 2.05) is 11.8 Å². The van der Waals surface area contributed by atoms with E-state index in [4.69, 9.17) is 4.74 Å². The fourth-order valence-electron chi connectivity index (χ4n) is 2.35. The number of aliphatic carboxylic acids is 1. The summed E-state index contributed by atoms with van der Waals surface area (Å²) in [4.78, 5) is 13.2. The van der Waals surface area contributed by atoms with Crippen LogP contribution in [-0.4, -0.2) is 47.3 Å². The maximum Gasteiger partial charge on any atom is 0.323 e. The van der Waals surface area contributed by atoms with Crippen molar-refractivity contribution in [1.82, 2.24) is 4.90 Å². The maximum absolute atomic E-state index is 11.2. The quantitative estimate of drug-likeness (QED) is 0.744. The van der Waals surface area contributed by atoms with Crippen molar-refractivity contribution < 1.29 is 14.6 Å². The van der Waals surface area contributed by atoms with Gasteiger partial charge < -0.3 is 9.84 Å². The maximum atomic E-state index is 11.2. The van der Waals surface area contributed by atoms with Crippen LogP contribution in [0, 0.1) is 0 Å². The second-order valence-corrected chi connectivity index (χ2v) is 5.22. The van der Waals surface area contributed by atoms with Crippen molar-refractivity contribution >= 4 is 5.97 Å². The Kier molecular flexibility index (Phi) is 5.40. The monoisotopic (exact) mass is 243 g/mol. The van der Waals surface area contributed by atoms with Crippen molar-refractivity contribution in [3.05, 3.63) is 0 Å². The molecule has 0 aromatic heterocycles. The molecule has 0 aromatic rings. The largest absolute Gasteiger partial charge is 0.480 e. The summed E-state index contributed by atoms with van der Waals surface area (Å²) >= 11 is 0. The average molecular weight is 243 g/mol. The van der Waals surface area contributed by atoms with Gasteiger partial charge in [0.25, 0.3) is 0 Å². The minimum absolute atomic E-state index is 0.404. The van der Waals surface area contributed by atoms with E-state index in [0.717, 1.165) is 39.0 Å². The third-order valence-electron chi connectivity index (χ3n) is 3.67. The van der Waals surface area contributed by atoms with Crippen molar-refractivity contribution in [3.8, 4) is 0 Å². The van der Waals surface area contributed by atoms with Crippen molar-refractivity contribution in [2.24, 2.45) is 0 Å². The summed E-state index contributed by atoms with van der Waals surface area (Å²) in [6.45, 7) is 8.04. The van der Waals surface area contributed by atoms with Gasteiger partial charge in [0.05, 0.1) is 6.10 Å². The zero-order chi connectivity index (χ0) is 12.9. The topological polar surface area (TPSA) is 49.8 Å². The highest BCUT2D eigenvalue weighted by atomic mass is 16.5. The highest BCUT2D eigenvalue weighted by Gasteiger charge is 2.33. The average Bonchev–Trinajstić information content (AvgIpc) is 2.76. The summed E-state index contributed by atoms with van der Waals surface area (Å²) in [6, 6.07) is 0. The van der Waals surface area contributed by atoms with Gasteiger partial charge in [0.1, 0.15) is 5.54 Å². The summed E-state index contributed by atoms with van der Waals surface area (Å²) in [6.07, 6.45) is 4.79. The predicted molar refractivity (Wildman–Crippen MR) is 67.2 cm³/mol. The molecular weight excluding hydrogens is 218 g/mol. The number of nitrogens with zero attached hydrogens (tertiary/aromatic N) is 1. The van der Waals surface area contributed by atoms with Crippen LogP contribution in [0.25, 0.3) is 0 Å². The molecule has 4 heteroatoms. The van der Waals surface area contributed by atoms with Gasteiger partial charge in [-0.05, 0) is 52.6 Å². The first-order valence-corrected chi connectivity index (χ1v) is 6.58. The molecule has 1 aliphatic rings. The molecule has 100 valence electrons. The van der Waals surface area contributed by atoms with E-state index in [9.17, 15) is 9.90 Å². The lowest BCUT2D eigenvalue weighted by atomic mass is 10.0. The van der Waals surface area contributed by atoms with Crippen LogP contribution in [0.5, 0.6) is 0 Å². The molecule has 0 spiro atoms. The number of hydrogen-bond acceptors (Lipinski definition) is 3. The first kappa shape index (κ1) is 14.5. The molecule has 0 saturated carbocycles. The van der Waals surface area contributed by atoms with Gasteiger partial charge in [-0.3, -0.25) is 9.69 Å². The highest BCUT2D eigenvalue weighted by molar-refractivity contribution is 5.77. The minimum atomic E-state index is -0.773. The molecular formula is C13H25NO3. The van der Waals surface area contributed by atoms with E-state index >= 15 is 0 Å². The van der Waals surface area contributed by atoms with Crippen molar-refractivity contribution in [2.75, 3.05) is 19.7 Å². The summed E-state index contributed by atoms with van der Waals surface area (Å²) < 4.78 is 5.57. The van der Waals surface area contributed by atoms with Crippen LogP contribution < -0.4 is 0 Å². The molecule has 1 aliphatic heterocycles. The summed E-state index contributed by atoms with van der Waals surface area (Å²) in [5, 5.41) is 9.19. The number of likely N-dealkylation sites (N-methyl/N-ethyl adjacent to an activating group) is 1. The molecule has 0 bridgehead atoms. The van der Waals surface area contributed by atoms with E-state index in [2.05, 4.69) is 0 Å². The molecule has 0 aliphatic carbocycles. The second-order valence-electron chi connectivity index (χ2n) is 5.22. The second kappa shape index (κ2) is 6.36. The number of rotatable bonds is 7. The molecule has 0 radical (unpaired) electrons. The number of carbonyl (C=O) groups is 1. The molecule has 0 aromatic carbocycles. The summed E-state index contributed by atoms with van der Waals surface area (Å²) in [7, 11) is 0. The lowest BCUT2D eigenvalue weighted by Gasteiger charge is -2.34. The number of hydrogen-bond donors (Lipinski definition) is 1. The van der Waals surface area contributed by atoms with Gasteiger partial charge in [-0.2, -0.15) is 0 Å². The molecule has 17 heavy (non-hydrogen) atoms. The Bertz CT molecular complexity index is 247. The Morgan fingerprint density at radius 1 is 1.53 bits per heavy atom. The molecule has 1 rings (SSSR count). The zero-order valence-electron chi connectivity index (χ0n) is 11.2. The Balaban J connectivity index is 2.33. The van der Waals surface area contributed by atoms with Gasteiger partial charge in [-0.15, -0.1) is 0 Å². The van der Waals surface area contributed by atoms with Crippen LogP contribution in [0.15, 0.2) is 0 Å². The van der Waals surface area contributed by atoms with Crippen LogP contribution in [0.3, 0.4) is 0 Å². The van der Waals surface area contributed by atoms with Crippen molar-refractivity contribution in [3.63, 3.8) is 0 Å². The van der Waals surface area contributed by atoms with Crippen LogP contribution in [-0.2, 0) is 9.53 Å². The molecule has 1 saturated heterocycles. The highest BCUT2D eigenvalue weighted by Crippen LogP contribution is 2.19. The van der Waals surface area contributed by atoms with E-state index in [-0.39, 0.29) is 0 Å². The molecule has 1 unspecified atom stereocenters. The smallest absolute Gasteiger partial charge is 0.323 e. The van der Waals surface area contributed by atoms with Crippen LogP contribution in [0.1, 0.15) is 46.5 Å². The summed E-state index contributed by atoms with van der Waals surface area (Å²) in [5.74, 6) is -0.753. The molecule has 0 amide bonds. The SMILES string of the molecule is CCN(CCCC1CCCO1)C(C)(C)C(=O)O. The number of ether oxygens (including phenoxy) is 1. The van der Waals surface area contributed by atoms with Gasteiger partial charge in [-0.1, -0.05) is 6.92 Å². The third kappa shape index (κ3) is 3.96. The normalized spacial score (nSPS) is 21.1. The van der Waals surface area contributed by atoms with Gasteiger partial charge in [0.2, 0.25) is 0 Å². The van der Waals surface area contributed by atoms with E-state index in [1.54, 1.807) is 13.8 Å². The fraction of sp³-hybridized carbons (Fsp3) is 0.923. The van der Waals surface area contributed by atoms with Crippen LogP contribution in [0.2, 0.25) is 0 Å². The first-order valence-electron chi connectivity index (χ1n) is 6.58. The summed E-state index contributed by atoms with van der Waals surface area (Å²) in [5.41, 5.74) is -0.773. The molecule has 1 atom stereocenters. The standard InChI is InChI=1S/C13H25NO3/c1-4-14(13(2,3)12(15)16)9-5-7-11-8-6-10-17-11/h11H,4-10H2,1-3H3,(H,15,16). The zero-order valence-corrected chi connectivity index (χ0v) is 11.2.